The summed E-state index contributed by atoms with van der Waals surface area (Å²) in [6.07, 6.45) is 0.987. The van der Waals surface area contributed by atoms with Crippen molar-refractivity contribution < 1.29 is 8.42 Å². The summed E-state index contributed by atoms with van der Waals surface area (Å²) in [5, 5.41) is -0.497. The number of halogens is 1. The van der Waals surface area contributed by atoms with Gasteiger partial charge >= 0.3 is 0 Å². The Labute approximate surface area is 98.8 Å². The first-order valence-corrected chi connectivity index (χ1v) is 7.48. The van der Waals surface area contributed by atoms with Crippen molar-refractivity contribution in [2.45, 2.75) is 39.4 Å². The first-order valence-electron chi connectivity index (χ1n) is 5.44. The first-order chi connectivity index (χ1) is 6.89. The third kappa shape index (κ3) is 4.29. The number of nitrogens with zero attached hydrogens (tertiary/aromatic N) is 1. The van der Waals surface area contributed by atoms with Crippen molar-refractivity contribution >= 4 is 21.6 Å². The van der Waals surface area contributed by atoms with Crippen LogP contribution in [0.2, 0.25) is 0 Å². The van der Waals surface area contributed by atoms with E-state index in [0.717, 1.165) is 6.42 Å². The van der Waals surface area contributed by atoms with Crippen LogP contribution in [0.3, 0.4) is 0 Å². The van der Waals surface area contributed by atoms with E-state index >= 15 is 0 Å². The first kappa shape index (κ1) is 15.2. The van der Waals surface area contributed by atoms with Gasteiger partial charge < -0.3 is 0 Å². The minimum atomic E-state index is -3.20. The molecule has 2 unspecified atom stereocenters. The molecule has 0 aliphatic rings. The van der Waals surface area contributed by atoms with E-state index < -0.39 is 15.3 Å². The molecule has 0 aliphatic heterocycles. The molecule has 0 saturated carbocycles. The predicted molar refractivity (Wildman–Crippen MR) is 65.8 cm³/mol. The number of hydrogen-bond acceptors (Lipinski definition) is 2. The summed E-state index contributed by atoms with van der Waals surface area (Å²) in [4.78, 5) is 0. The molecule has 0 fully saturated rings. The quantitative estimate of drug-likeness (QED) is 0.655. The van der Waals surface area contributed by atoms with Gasteiger partial charge in [0, 0.05) is 19.0 Å². The average Bonchev–Trinajstić information content (AvgIpc) is 2.23. The zero-order valence-electron chi connectivity index (χ0n) is 10.0. The highest BCUT2D eigenvalue weighted by molar-refractivity contribution is 7.89. The van der Waals surface area contributed by atoms with Crippen molar-refractivity contribution in [2.75, 3.05) is 19.0 Å². The van der Waals surface area contributed by atoms with Crippen LogP contribution in [0.1, 0.15) is 34.1 Å². The standard InChI is InChI=1S/C10H22ClNO2S/c1-5-9(3)8-12(6-2)15(13,14)10(4)7-11/h9-10H,5-8H2,1-4H3. The lowest BCUT2D eigenvalue weighted by molar-refractivity contribution is 0.359. The molecule has 0 bridgehead atoms. The van der Waals surface area contributed by atoms with E-state index in [0.29, 0.717) is 19.0 Å². The number of alkyl halides is 1. The Hall–Kier alpha value is 0.200. The van der Waals surface area contributed by atoms with Crippen LogP contribution in [0.25, 0.3) is 0 Å². The second kappa shape index (κ2) is 6.71. The molecule has 0 heterocycles. The van der Waals surface area contributed by atoms with E-state index in [4.69, 9.17) is 11.6 Å². The summed E-state index contributed by atoms with van der Waals surface area (Å²) in [5.74, 6) is 0.543. The molecular formula is C10H22ClNO2S. The summed E-state index contributed by atoms with van der Waals surface area (Å²) >= 11 is 5.60. The molecule has 3 nitrogen and oxygen atoms in total. The summed E-state index contributed by atoms with van der Waals surface area (Å²) in [7, 11) is -3.20. The molecule has 0 rings (SSSR count). The molecule has 92 valence electrons. The van der Waals surface area contributed by atoms with Crippen molar-refractivity contribution in [2.24, 2.45) is 5.92 Å². The van der Waals surface area contributed by atoms with Crippen LogP contribution in [-0.2, 0) is 10.0 Å². The SMILES string of the molecule is CCC(C)CN(CC)S(=O)(=O)C(C)CCl. The van der Waals surface area contributed by atoms with Gasteiger partial charge in [0.1, 0.15) is 0 Å². The van der Waals surface area contributed by atoms with Crippen LogP contribution < -0.4 is 0 Å². The van der Waals surface area contributed by atoms with Crippen LogP contribution in [0.4, 0.5) is 0 Å². The summed E-state index contributed by atoms with van der Waals surface area (Å²) in [5.41, 5.74) is 0. The third-order valence-electron chi connectivity index (χ3n) is 2.65. The highest BCUT2D eigenvalue weighted by Gasteiger charge is 2.27. The van der Waals surface area contributed by atoms with E-state index in [2.05, 4.69) is 13.8 Å². The van der Waals surface area contributed by atoms with Crippen molar-refractivity contribution in [1.82, 2.24) is 4.31 Å². The molecule has 5 heteroatoms. The molecular weight excluding hydrogens is 234 g/mol. The van der Waals surface area contributed by atoms with E-state index in [1.807, 2.05) is 6.92 Å². The zero-order chi connectivity index (χ0) is 12.1. The third-order valence-corrected chi connectivity index (χ3v) is 5.61. The maximum atomic E-state index is 12.0. The monoisotopic (exact) mass is 255 g/mol. The van der Waals surface area contributed by atoms with Crippen LogP contribution in [0.5, 0.6) is 0 Å². The minimum Gasteiger partial charge on any atom is -0.212 e. The van der Waals surface area contributed by atoms with Crippen LogP contribution in [-0.4, -0.2) is 36.9 Å². The van der Waals surface area contributed by atoms with Crippen LogP contribution in [0.15, 0.2) is 0 Å². The number of sulfonamides is 1. The Balaban J connectivity index is 4.66. The van der Waals surface area contributed by atoms with Gasteiger partial charge in [0.2, 0.25) is 10.0 Å². The predicted octanol–water partition coefficient (Wildman–Crippen LogP) is 2.31. The van der Waals surface area contributed by atoms with E-state index in [9.17, 15) is 8.42 Å². The average molecular weight is 256 g/mol. The molecule has 0 N–H and O–H groups in total. The van der Waals surface area contributed by atoms with Gasteiger partial charge in [0.15, 0.2) is 0 Å². The Kier molecular flexibility index (Phi) is 6.80. The van der Waals surface area contributed by atoms with Crippen molar-refractivity contribution in [3.63, 3.8) is 0 Å². The molecule has 0 saturated heterocycles. The summed E-state index contributed by atoms with van der Waals surface area (Å²) in [6, 6.07) is 0. The fourth-order valence-corrected chi connectivity index (χ4v) is 3.19. The molecule has 15 heavy (non-hydrogen) atoms. The van der Waals surface area contributed by atoms with Crippen molar-refractivity contribution in [3.05, 3.63) is 0 Å². The second-order valence-electron chi connectivity index (χ2n) is 3.97. The lowest BCUT2D eigenvalue weighted by atomic mass is 10.1. The smallest absolute Gasteiger partial charge is 0.212 e. The van der Waals surface area contributed by atoms with E-state index in [-0.39, 0.29) is 5.88 Å². The van der Waals surface area contributed by atoms with Gasteiger partial charge in [-0.1, -0.05) is 27.2 Å². The molecule has 0 aromatic carbocycles. The molecule has 0 aromatic rings. The molecule has 0 spiro atoms. The van der Waals surface area contributed by atoms with Gasteiger partial charge in [-0.05, 0) is 12.8 Å². The lowest BCUT2D eigenvalue weighted by Gasteiger charge is -2.25. The number of hydrogen-bond donors (Lipinski definition) is 0. The van der Waals surface area contributed by atoms with Crippen molar-refractivity contribution in [3.8, 4) is 0 Å². The Morgan fingerprint density at radius 2 is 1.80 bits per heavy atom. The highest BCUT2D eigenvalue weighted by Crippen LogP contribution is 2.14. The molecule has 2 atom stereocenters. The number of rotatable bonds is 7. The molecule has 0 aromatic heterocycles. The maximum absolute atomic E-state index is 12.0. The Morgan fingerprint density at radius 3 is 2.13 bits per heavy atom. The van der Waals surface area contributed by atoms with Gasteiger partial charge in [0.25, 0.3) is 0 Å². The molecule has 0 amide bonds. The van der Waals surface area contributed by atoms with Gasteiger partial charge in [-0.3, -0.25) is 0 Å². The summed E-state index contributed by atoms with van der Waals surface area (Å²) in [6.45, 7) is 8.76. The summed E-state index contributed by atoms with van der Waals surface area (Å²) < 4.78 is 25.5. The largest absolute Gasteiger partial charge is 0.217 e. The Morgan fingerprint density at radius 1 is 1.27 bits per heavy atom. The fraction of sp³-hybridized carbons (Fsp3) is 1.00. The maximum Gasteiger partial charge on any atom is 0.217 e. The fourth-order valence-electron chi connectivity index (χ4n) is 1.22. The van der Waals surface area contributed by atoms with E-state index in [1.54, 1.807) is 6.92 Å². The van der Waals surface area contributed by atoms with Crippen LogP contribution >= 0.6 is 11.6 Å². The van der Waals surface area contributed by atoms with Gasteiger partial charge in [-0.15, -0.1) is 11.6 Å². The topological polar surface area (TPSA) is 37.4 Å². The van der Waals surface area contributed by atoms with Crippen LogP contribution in [0, 0.1) is 5.92 Å². The molecule has 0 radical (unpaired) electrons. The highest BCUT2D eigenvalue weighted by atomic mass is 35.5. The zero-order valence-corrected chi connectivity index (χ0v) is 11.6. The normalized spacial score (nSPS) is 16.7. The minimum absolute atomic E-state index is 0.152. The van der Waals surface area contributed by atoms with Gasteiger partial charge in [-0.2, -0.15) is 0 Å². The Bertz CT molecular complexity index is 267. The van der Waals surface area contributed by atoms with E-state index in [1.165, 1.54) is 4.31 Å². The van der Waals surface area contributed by atoms with Gasteiger partial charge in [-0.25, -0.2) is 12.7 Å². The molecule has 0 aliphatic carbocycles. The van der Waals surface area contributed by atoms with Gasteiger partial charge in [0.05, 0.1) is 5.25 Å². The second-order valence-corrected chi connectivity index (χ2v) is 6.63. The van der Waals surface area contributed by atoms with Crippen molar-refractivity contribution in [1.29, 1.82) is 0 Å². The lowest BCUT2D eigenvalue weighted by Crippen LogP contribution is -2.40.